The number of nitrogens with zero attached hydrogens (tertiary/aromatic N) is 5. The van der Waals surface area contributed by atoms with Crippen molar-refractivity contribution in [2.45, 2.75) is 19.8 Å². The summed E-state index contributed by atoms with van der Waals surface area (Å²) in [6, 6.07) is 9.57. The van der Waals surface area contributed by atoms with Crippen LogP contribution in [-0.4, -0.2) is 34.9 Å². The first-order chi connectivity index (χ1) is 11.3. The highest BCUT2D eigenvalue weighted by Gasteiger charge is 2.22. The third kappa shape index (κ3) is 3.75. The van der Waals surface area contributed by atoms with Crippen LogP contribution < -0.4 is 9.64 Å². The molecule has 0 saturated carbocycles. The summed E-state index contributed by atoms with van der Waals surface area (Å²) in [6.07, 6.45) is 3.77. The Balaban J connectivity index is 1.52. The molecule has 6 heteroatoms. The van der Waals surface area contributed by atoms with Crippen LogP contribution in [0.2, 0.25) is 0 Å². The number of aromatic nitrogens is 3. The summed E-state index contributed by atoms with van der Waals surface area (Å²) in [5.41, 5.74) is 1.52. The van der Waals surface area contributed by atoms with E-state index in [1.807, 2.05) is 25.1 Å². The number of pyridine rings is 1. The third-order valence-electron chi connectivity index (χ3n) is 4.06. The van der Waals surface area contributed by atoms with Crippen molar-refractivity contribution in [1.82, 2.24) is 15.2 Å². The molecule has 1 fully saturated rings. The van der Waals surface area contributed by atoms with Gasteiger partial charge in [-0.1, -0.05) is 0 Å². The molecule has 3 rings (SSSR count). The van der Waals surface area contributed by atoms with Crippen molar-refractivity contribution in [3.05, 3.63) is 41.7 Å². The van der Waals surface area contributed by atoms with Crippen molar-refractivity contribution >= 4 is 5.82 Å². The van der Waals surface area contributed by atoms with E-state index in [1.165, 1.54) is 0 Å². The molecule has 0 unspecified atom stereocenters. The van der Waals surface area contributed by atoms with Crippen LogP contribution in [0, 0.1) is 24.2 Å². The second-order valence-electron chi connectivity index (χ2n) is 5.74. The Bertz CT molecular complexity index is 687. The van der Waals surface area contributed by atoms with Crippen molar-refractivity contribution in [3.8, 4) is 11.9 Å². The van der Waals surface area contributed by atoms with Gasteiger partial charge in [0.05, 0.1) is 17.9 Å². The second-order valence-corrected chi connectivity index (χ2v) is 5.74. The highest BCUT2D eigenvalue weighted by molar-refractivity contribution is 5.53. The highest BCUT2D eigenvalue weighted by atomic mass is 16.5. The lowest BCUT2D eigenvalue weighted by Gasteiger charge is -2.32. The highest BCUT2D eigenvalue weighted by Crippen LogP contribution is 2.24. The molecule has 23 heavy (non-hydrogen) atoms. The number of piperidine rings is 1. The van der Waals surface area contributed by atoms with Crippen LogP contribution in [0.3, 0.4) is 0 Å². The van der Waals surface area contributed by atoms with Crippen LogP contribution in [0.1, 0.15) is 24.1 Å². The Hall–Kier alpha value is -2.68. The third-order valence-corrected chi connectivity index (χ3v) is 4.06. The fourth-order valence-corrected chi connectivity index (χ4v) is 2.71. The quantitative estimate of drug-likeness (QED) is 0.863. The molecule has 0 aromatic carbocycles. The number of aryl methyl sites for hydroxylation is 1. The van der Waals surface area contributed by atoms with E-state index >= 15 is 0 Å². The average molecular weight is 309 g/mol. The van der Waals surface area contributed by atoms with Gasteiger partial charge in [-0.05, 0) is 43.9 Å². The maximum absolute atomic E-state index is 9.18. The number of rotatable bonds is 4. The van der Waals surface area contributed by atoms with Gasteiger partial charge >= 0.3 is 0 Å². The summed E-state index contributed by atoms with van der Waals surface area (Å²) < 4.78 is 5.73. The van der Waals surface area contributed by atoms with Crippen LogP contribution in [0.15, 0.2) is 30.5 Å². The van der Waals surface area contributed by atoms with E-state index < -0.39 is 0 Å². The monoisotopic (exact) mass is 309 g/mol. The molecule has 3 heterocycles. The Morgan fingerprint density at radius 1 is 1.26 bits per heavy atom. The van der Waals surface area contributed by atoms with Crippen molar-refractivity contribution in [2.24, 2.45) is 5.92 Å². The number of ether oxygens (including phenoxy) is 1. The lowest BCUT2D eigenvalue weighted by molar-refractivity contribution is 0.214. The second kappa shape index (κ2) is 7.05. The standard InChI is InChI=1S/C17H19N5O/c1-13-4-5-16(21-20-13)23-12-14-6-9-22(10-7-14)17-15(11-18)3-2-8-19-17/h2-5,8,14H,6-7,9-10,12H2,1H3. The first kappa shape index (κ1) is 15.2. The lowest BCUT2D eigenvalue weighted by Crippen LogP contribution is -2.36. The minimum Gasteiger partial charge on any atom is -0.476 e. The Morgan fingerprint density at radius 2 is 2.09 bits per heavy atom. The molecule has 0 spiro atoms. The molecule has 0 aliphatic carbocycles. The summed E-state index contributed by atoms with van der Waals surface area (Å²) >= 11 is 0. The molecule has 0 atom stereocenters. The van der Waals surface area contributed by atoms with Gasteiger partial charge in [-0.15, -0.1) is 5.10 Å². The Kier molecular flexibility index (Phi) is 4.67. The van der Waals surface area contributed by atoms with Crippen LogP contribution in [0.5, 0.6) is 5.88 Å². The van der Waals surface area contributed by atoms with Crippen LogP contribution in [0.25, 0.3) is 0 Å². The van der Waals surface area contributed by atoms with Crippen molar-refractivity contribution in [3.63, 3.8) is 0 Å². The molecule has 2 aromatic rings. The topological polar surface area (TPSA) is 74.9 Å². The van der Waals surface area contributed by atoms with Gasteiger partial charge in [-0.25, -0.2) is 4.98 Å². The molecule has 6 nitrogen and oxygen atoms in total. The van der Waals surface area contributed by atoms with E-state index in [0.717, 1.165) is 37.4 Å². The first-order valence-electron chi connectivity index (χ1n) is 7.79. The maximum Gasteiger partial charge on any atom is 0.233 e. The summed E-state index contributed by atoms with van der Waals surface area (Å²) in [4.78, 5) is 6.54. The molecule has 118 valence electrons. The van der Waals surface area contributed by atoms with Crippen LogP contribution >= 0.6 is 0 Å². The van der Waals surface area contributed by atoms with Crippen molar-refractivity contribution in [1.29, 1.82) is 5.26 Å². The number of hydrogen-bond acceptors (Lipinski definition) is 6. The van der Waals surface area contributed by atoms with E-state index in [2.05, 4.69) is 26.2 Å². The SMILES string of the molecule is Cc1ccc(OCC2CCN(c3ncccc3C#N)CC2)nn1. The molecule has 1 aliphatic heterocycles. The van der Waals surface area contributed by atoms with Gasteiger partial charge in [0, 0.05) is 25.4 Å². The summed E-state index contributed by atoms with van der Waals surface area (Å²) in [5, 5.41) is 17.2. The van der Waals surface area contributed by atoms with E-state index in [1.54, 1.807) is 12.3 Å². The summed E-state index contributed by atoms with van der Waals surface area (Å²) in [5.74, 6) is 1.86. The fraction of sp³-hybridized carbons (Fsp3) is 0.412. The zero-order valence-corrected chi connectivity index (χ0v) is 13.1. The predicted molar refractivity (Wildman–Crippen MR) is 86.2 cm³/mol. The smallest absolute Gasteiger partial charge is 0.233 e. The van der Waals surface area contributed by atoms with Crippen LogP contribution in [-0.2, 0) is 0 Å². The minimum absolute atomic E-state index is 0.489. The van der Waals surface area contributed by atoms with E-state index in [0.29, 0.717) is 24.0 Å². The van der Waals surface area contributed by atoms with Gasteiger partial charge in [0.1, 0.15) is 11.9 Å². The van der Waals surface area contributed by atoms with Crippen LogP contribution in [0.4, 0.5) is 5.82 Å². The van der Waals surface area contributed by atoms with Gasteiger partial charge in [0.25, 0.3) is 0 Å². The van der Waals surface area contributed by atoms with Gasteiger partial charge in [-0.2, -0.15) is 10.4 Å². The Labute approximate surface area is 135 Å². The van der Waals surface area contributed by atoms with Gasteiger partial charge < -0.3 is 9.64 Å². The lowest BCUT2D eigenvalue weighted by atomic mass is 9.97. The molecule has 1 saturated heterocycles. The molecule has 0 amide bonds. The summed E-state index contributed by atoms with van der Waals surface area (Å²) in [6.45, 7) is 4.33. The van der Waals surface area contributed by atoms with Gasteiger partial charge in [0.15, 0.2) is 0 Å². The number of anilines is 1. The molecule has 0 radical (unpaired) electrons. The normalized spacial score (nSPS) is 15.2. The molecular formula is C17H19N5O. The minimum atomic E-state index is 0.489. The predicted octanol–water partition coefficient (Wildman–Crippen LogP) is 2.35. The van der Waals surface area contributed by atoms with Gasteiger partial charge in [0.2, 0.25) is 5.88 Å². The number of nitriles is 1. The average Bonchev–Trinajstić information content (AvgIpc) is 2.62. The zero-order valence-electron chi connectivity index (χ0n) is 13.1. The van der Waals surface area contributed by atoms with Crippen molar-refractivity contribution < 1.29 is 4.74 Å². The molecule has 1 aliphatic rings. The first-order valence-corrected chi connectivity index (χ1v) is 7.79. The van der Waals surface area contributed by atoms with E-state index in [9.17, 15) is 5.26 Å². The summed E-state index contributed by atoms with van der Waals surface area (Å²) in [7, 11) is 0. The van der Waals surface area contributed by atoms with E-state index in [-0.39, 0.29) is 0 Å². The molecule has 0 bridgehead atoms. The van der Waals surface area contributed by atoms with Crippen molar-refractivity contribution in [2.75, 3.05) is 24.6 Å². The molecule has 2 aromatic heterocycles. The Morgan fingerprint density at radius 3 is 2.78 bits per heavy atom. The van der Waals surface area contributed by atoms with Gasteiger partial charge in [-0.3, -0.25) is 0 Å². The largest absolute Gasteiger partial charge is 0.476 e. The fourth-order valence-electron chi connectivity index (χ4n) is 2.71. The molecular weight excluding hydrogens is 290 g/mol. The zero-order chi connectivity index (χ0) is 16.1. The number of hydrogen-bond donors (Lipinski definition) is 0. The maximum atomic E-state index is 9.18. The molecule has 0 N–H and O–H groups in total. The van der Waals surface area contributed by atoms with E-state index in [4.69, 9.17) is 4.74 Å².